The van der Waals surface area contributed by atoms with Gasteiger partial charge >= 0.3 is 0 Å². The molecule has 2 aromatic rings. The summed E-state index contributed by atoms with van der Waals surface area (Å²) in [6.45, 7) is 0. The largest absolute Gasteiger partial charge is 0.361 e. The summed E-state index contributed by atoms with van der Waals surface area (Å²) in [7, 11) is 0. The van der Waals surface area contributed by atoms with E-state index in [1.165, 1.54) is 18.2 Å². The molecule has 0 aliphatic carbocycles. The summed E-state index contributed by atoms with van der Waals surface area (Å²) in [5, 5.41) is 13.4. The summed E-state index contributed by atoms with van der Waals surface area (Å²) in [5.41, 5.74) is 1.27. The number of carbonyl (C=O) groups excluding carboxylic acids is 2. The maximum atomic E-state index is 11.6. The van der Waals surface area contributed by atoms with Gasteiger partial charge in [-0.1, -0.05) is 0 Å². The van der Waals surface area contributed by atoms with E-state index in [-0.39, 0.29) is 11.3 Å². The molecule has 2 heterocycles. The van der Waals surface area contributed by atoms with Gasteiger partial charge in [0.25, 0.3) is 17.5 Å². The van der Waals surface area contributed by atoms with E-state index in [4.69, 9.17) is 0 Å². The molecule has 0 fully saturated rings. The van der Waals surface area contributed by atoms with E-state index >= 15 is 0 Å². The van der Waals surface area contributed by atoms with Gasteiger partial charge in [0.05, 0.1) is 10.5 Å². The molecule has 1 aliphatic heterocycles. The molecule has 7 heteroatoms. The lowest BCUT2D eigenvalue weighted by Gasteiger charge is -1.98. The summed E-state index contributed by atoms with van der Waals surface area (Å²) >= 11 is 0. The first-order valence-electron chi connectivity index (χ1n) is 5.39. The topological polar surface area (TPSA) is 105 Å². The van der Waals surface area contributed by atoms with Crippen LogP contribution in [-0.2, 0) is 9.59 Å². The number of nitrogens with one attached hydrogen (secondary N) is 2. The van der Waals surface area contributed by atoms with Crippen LogP contribution in [0.5, 0.6) is 0 Å². The van der Waals surface area contributed by atoms with Crippen molar-refractivity contribution in [1.29, 1.82) is 0 Å². The van der Waals surface area contributed by atoms with Crippen LogP contribution in [0.25, 0.3) is 16.5 Å². The van der Waals surface area contributed by atoms with Gasteiger partial charge in [0.2, 0.25) is 0 Å². The van der Waals surface area contributed by atoms with Crippen LogP contribution in [0.4, 0.5) is 5.69 Å². The van der Waals surface area contributed by atoms with Crippen LogP contribution in [0.1, 0.15) is 5.56 Å². The number of rotatable bonds is 2. The Bertz CT molecular complexity index is 772. The lowest BCUT2D eigenvalue weighted by Crippen LogP contribution is -2.21. The summed E-state index contributed by atoms with van der Waals surface area (Å²) in [4.78, 5) is 35.9. The number of fused-ring (bicyclic) bond motifs is 1. The molecule has 19 heavy (non-hydrogen) atoms. The van der Waals surface area contributed by atoms with Crippen molar-refractivity contribution in [2.45, 2.75) is 0 Å². The van der Waals surface area contributed by atoms with Gasteiger partial charge in [-0.3, -0.25) is 25.0 Å². The zero-order valence-electron chi connectivity index (χ0n) is 9.47. The molecular weight excluding hydrogens is 250 g/mol. The van der Waals surface area contributed by atoms with Crippen molar-refractivity contribution in [3.05, 3.63) is 46.1 Å². The number of nitro groups is 1. The maximum absolute atomic E-state index is 11.6. The number of benzene rings is 1. The van der Waals surface area contributed by atoms with E-state index < -0.39 is 16.7 Å². The van der Waals surface area contributed by atoms with E-state index in [1.54, 1.807) is 12.3 Å². The summed E-state index contributed by atoms with van der Waals surface area (Å²) in [5.74, 6) is -0.989. The van der Waals surface area contributed by atoms with Crippen molar-refractivity contribution in [2.24, 2.45) is 0 Å². The third-order valence-corrected chi connectivity index (χ3v) is 2.92. The number of hydrogen-bond donors (Lipinski definition) is 2. The Labute approximate surface area is 106 Å². The average molecular weight is 257 g/mol. The van der Waals surface area contributed by atoms with Crippen LogP contribution in [0, 0.1) is 10.1 Å². The number of non-ortho nitro benzene ring substituents is 1. The lowest BCUT2D eigenvalue weighted by molar-refractivity contribution is -0.384. The van der Waals surface area contributed by atoms with E-state index in [0.29, 0.717) is 16.5 Å². The number of nitrogens with zero attached hydrogens (tertiary/aromatic N) is 1. The minimum Gasteiger partial charge on any atom is -0.361 e. The van der Waals surface area contributed by atoms with Crippen molar-refractivity contribution in [3.63, 3.8) is 0 Å². The van der Waals surface area contributed by atoms with Crippen LogP contribution in [0.15, 0.2) is 30.5 Å². The molecule has 1 aromatic carbocycles. The van der Waals surface area contributed by atoms with Gasteiger partial charge in [0, 0.05) is 40.9 Å². The molecule has 2 N–H and O–H groups in total. The van der Waals surface area contributed by atoms with E-state index in [1.807, 2.05) is 0 Å². The minimum atomic E-state index is -0.509. The molecule has 0 unspecified atom stereocenters. The Kier molecular flexibility index (Phi) is 2.21. The molecule has 0 saturated carbocycles. The van der Waals surface area contributed by atoms with Gasteiger partial charge in [-0.15, -0.1) is 0 Å². The highest BCUT2D eigenvalue weighted by Crippen LogP contribution is 2.29. The average Bonchev–Trinajstić information content (AvgIpc) is 2.91. The lowest BCUT2D eigenvalue weighted by atomic mass is 10.1. The van der Waals surface area contributed by atoms with Crippen LogP contribution in [0.3, 0.4) is 0 Å². The van der Waals surface area contributed by atoms with Crippen LogP contribution in [-0.4, -0.2) is 21.7 Å². The van der Waals surface area contributed by atoms with Gasteiger partial charge in [0.15, 0.2) is 0 Å². The molecule has 0 saturated heterocycles. The number of aromatic nitrogens is 1. The van der Waals surface area contributed by atoms with E-state index in [2.05, 4.69) is 10.3 Å². The Morgan fingerprint density at radius 1 is 1.21 bits per heavy atom. The van der Waals surface area contributed by atoms with Gasteiger partial charge < -0.3 is 4.98 Å². The Balaban J connectivity index is 2.22. The highest BCUT2D eigenvalue weighted by atomic mass is 16.6. The molecule has 0 radical (unpaired) electrons. The van der Waals surface area contributed by atoms with Gasteiger partial charge in [-0.2, -0.15) is 0 Å². The van der Waals surface area contributed by atoms with Crippen LogP contribution >= 0.6 is 0 Å². The van der Waals surface area contributed by atoms with Crippen molar-refractivity contribution >= 4 is 34.0 Å². The summed E-state index contributed by atoms with van der Waals surface area (Å²) in [6.07, 6.45) is 2.74. The third-order valence-electron chi connectivity index (χ3n) is 2.92. The Hall–Kier alpha value is -2.96. The molecule has 0 spiro atoms. The third kappa shape index (κ3) is 1.68. The quantitative estimate of drug-likeness (QED) is 0.477. The van der Waals surface area contributed by atoms with Crippen molar-refractivity contribution in [2.75, 3.05) is 0 Å². The molecule has 1 aliphatic rings. The second-order valence-corrected chi connectivity index (χ2v) is 4.07. The molecular formula is C12H7N3O4. The molecule has 94 valence electrons. The number of H-pyrrole nitrogens is 1. The predicted octanol–water partition coefficient (Wildman–Crippen LogP) is 1.12. The number of nitro benzene ring substituents is 1. The highest BCUT2D eigenvalue weighted by Gasteiger charge is 2.24. The van der Waals surface area contributed by atoms with E-state index in [9.17, 15) is 19.7 Å². The number of carbonyl (C=O) groups is 2. The summed E-state index contributed by atoms with van der Waals surface area (Å²) < 4.78 is 0. The smallest absolute Gasteiger partial charge is 0.270 e. The second kappa shape index (κ2) is 3.77. The molecule has 7 nitrogen and oxygen atoms in total. The first-order valence-corrected chi connectivity index (χ1v) is 5.39. The zero-order valence-corrected chi connectivity index (χ0v) is 9.47. The Morgan fingerprint density at radius 3 is 2.63 bits per heavy atom. The number of hydrogen-bond acceptors (Lipinski definition) is 4. The first-order chi connectivity index (χ1) is 9.06. The number of aromatic amines is 1. The first kappa shape index (κ1) is 11.1. The van der Waals surface area contributed by atoms with Gasteiger partial charge in [-0.05, 0) is 6.07 Å². The van der Waals surface area contributed by atoms with Gasteiger partial charge in [-0.25, -0.2) is 0 Å². The van der Waals surface area contributed by atoms with Crippen LogP contribution < -0.4 is 5.32 Å². The van der Waals surface area contributed by atoms with Crippen molar-refractivity contribution in [1.82, 2.24) is 10.3 Å². The maximum Gasteiger partial charge on any atom is 0.270 e. The van der Waals surface area contributed by atoms with Crippen LogP contribution in [0.2, 0.25) is 0 Å². The van der Waals surface area contributed by atoms with Gasteiger partial charge in [0.1, 0.15) is 0 Å². The monoisotopic (exact) mass is 257 g/mol. The SMILES string of the molecule is O=C1C=C(c2c[nH]c3ccc([N+](=O)[O-])cc23)C(=O)N1. The molecule has 3 rings (SSSR count). The number of amides is 2. The normalized spacial score (nSPS) is 14.6. The number of imide groups is 1. The molecule has 2 amide bonds. The van der Waals surface area contributed by atoms with Crippen molar-refractivity contribution in [3.8, 4) is 0 Å². The molecule has 0 bridgehead atoms. The fourth-order valence-corrected chi connectivity index (χ4v) is 2.06. The highest BCUT2D eigenvalue weighted by molar-refractivity contribution is 6.35. The standard InChI is InChI=1S/C12H7N3O4/c16-11-4-8(12(17)14-11)9-5-13-10-2-1-6(15(18)19)3-7(9)10/h1-5,13H,(H,14,16,17). The second-order valence-electron chi connectivity index (χ2n) is 4.07. The zero-order chi connectivity index (χ0) is 13.6. The Morgan fingerprint density at radius 2 is 2.00 bits per heavy atom. The van der Waals surface area contributed by atoms with E-state index in [0.717, 1.165) is 0 Å². The molecule has 1 aromatic heterocycles. The fraction of sp³-hybridized carbons (Fsp3) is 0. The fourth-order valence-electron chi connectivity index (χ4n) is 2.06. The minimum absolute atomic E-state index is 0.0707. The van der Waals surface area contributed by atoms with Crippen molar-refractivity contribution < 1.29 is 14.5 Å². The summed E-state index contributed by atoms with van der Waals surface area (Å²) in [6, 6.07) is 4.31. The molecule has 0 atom stereocenters. The predicted molar refractivity (Wildman–Crippen MR) is 66.1 cm³/mol.